The summed E-state index contributed by atoms with van der Waals surface area (Å²) in [5, 5.41) is 1.48. The molecule has 50 valence electrons. The van der Waals surface area contributed by atoms with Crippen molar-refractivity contribution in [2.24, 2.45) is 0 Å². The van der Waals surface area contributed by atoms with Crippen LogP contribution in [0.1, 0.15) is 13.8 Å². The summed E-state index contributed by atoms with van der Waals surface area (Å²) < 4.78 is 0. The molecule has 0 fully saturated rings. The van der Waals surface area contributed by atoms with Gasteiger partial charge < -0.3 is 0 Å². The van der Waals surface area contributed by atoms with Crippen LogP contribution in [-0.4, -0.2) is 10.5 Å². The highest BCUT2D eigenvalue weighted by Gasteiger charge is 2.07. The Labute approximate surface area is 64.2 Å². The van der Waals surface area contributed by atoms with Crippen LogP contribution in [0.5, 0.6) is 0 Å². The fourth-order valence-corrected chi connectivity index (χ4v) is 3.15. The van der Waals surface area contributed by atoms with Crippen molar-refractivity contribution in [1.82, 2.24) is 0 Å². The van der Waals surface area contributed by atoms with E-state index in [0.29, 0.717) is 0 Å². The molecule has 0 radical (unpaired) electrons. The molecule has 0 nitrogen and oxygen atoms in total. The maximum atomic E-state index is 2.69. The normalized spacial score (nSPS) is 18.0. The number of hydrogen-bond donors (Lipinski definition) is 0. The summed E-state index contributed by atoms with van der Waals surface area (Å²) in [6.07, 6.45) is 0. The second-order valence-corrected chi connectivity index (χ2v) is 5.35. The molecular weight excluding hydrogens is 174 g/mol. The molecule has 0 aliphatic heterocycles. The summed E-state index contributed by atoms with van der Waals surface area (Å²) >= 11 is 3.68. The molecule has 0 aromatic heterocycles. The van der Waals surface area contributed by atoms with Gasteiger partial charge in [0.15, 0.2) is 0 Å². The summed E-state index contributed by atoms with van der Waals surface area (Å²) in [7, 11) is 5.37. The first-order valence-corrected chi connectivity index (χ1v) is 7.14. The topological polar surface area (TPSA) is 0 Å². The van der Waals surface area contributed by atoms with Crippen LogP contribution in [0, 0.1) is 0 Å². The Bertz CT molecular complexity index is 52.0. The van der Waals surface area contributed by atoms with Crippen molar-refractivity contribution in [3.05, 3.63) is 0 Å². The minimum absolute atomic E-state index is 0.738. The molecule has 0 aromatic carbocycles. The average molecular weight is 186 g/mol. The zero-order valence-corrected chi connectivity index (χ0v) is 9.07. The minimum atomic E-state index is 0.738. The molecule has 0 rings (SSSR count). The van der Waals surface area contributed by atoms with Gasteiger partial charge in [0.1, 0.15) is 0 Å². The summed E-state index contributed by atoms with van der Waals surface area (Å²) in [6.45, 7) is 4.47. The fourth-order valence-electron chi connectivity index (χ4n) is 0.221. The molecule has 0 heterocycles. The smallest absolute Gasteiger partial charge is 0.0175 e. The van der Waals surface area contributed by atoms with Gasteiger partial charge in [-0.15, -0.1) is 22.8 Å². The quantitative estimate of drug-likeness (QED) is 0.621. The van der Waals surface area contributed by atoms with Gasteiger partial charge in [0.25, 0.3) is 0 Å². The van der Waals surface area contributed by atoms with E-state index < -0.39 is 0 Å². The van der Waals surface area contributed by atoms with E-state index in [4.69, 9.17) is 0 Å². The van der Waals surface area contributed by atoms with Gasteiger partial charge in [-0.05, 0) is 0 Å². The molecule has 0 aromatic rings. The molecule has 0 N–H and O–H groups in total. The molecule has 8 heavy (non-hydrogen) atoms. The van der Waals surface area contributed by atoms with Crippen LogP contribution in [-0.2, 0) is 0 Å². The Morgan fingerprint density at radius 2 is 1.25 bits per heavy atom. The molecule has 0 aliphatic rings. The Hall–Kier alpha value is 1.56. The molecule has 0 saturated heterocycles. The molecule has 0 bridgehead atoms. The Kier molecular flexibility index (Phi) is 6.40. The van der Waals surface area contributed by atoms with Gasteiger partial charge in [0.05, 0.1) is 0 Å². The number of rotatable bonds is 3. The SMILES string of the molecule is CC(SP)C(C)SP. The third-order valence-electron chi connectivity index (χ3n) is 1.09. The van der Waals surface area contributed by atoms with Crippen LogP contribution in [0.4, 0.5) is 0 Å². The molecule has 4 heteroatoms. The van der Waals surface area contributed by atoms with E-state index in [1.54, 1.807) is 0 Å². The molecule has 4 unspecified atom stereocenters. The highest BCUT2D eigenvalue weighted by molar-refractivity contribution is 8.46. The third kappa shape index (κ3) is 3.56. The van der Waals surface area contributed by atoms with Crippen molar-refractivity contribution in [3.63, 3.8) is 0 Å². The van der Waals surface area contributed by atoms with Crippen LogP contribution >= 0.6 is 39.6 Å². The van der Waals surface area contributed by atoms with Crippen molar-refractivity contribution in [1.29, 1.82) is 0 Å². The predicted octanol–water partition coefficient (Wildman–Crippen LogP) is 2.81. The molecule has 0 amide bonds. The first-order chi connectivity index (χ1) is 3.72. The van der Waals surface area contributed by atoms with E-state index in [9.17, 15) is 0 Å². The van der Waals surface area contributed by atoms with E-state index in [1.807, 2.05) is 22.8 Å². The first kappa shape index (κ1) is 9.56. The van der Waals surface area contributed by atoms with Crippen LogP contribution in [0.2, 0.25) is 0 Å². The van der Waals surface area contributed by atoms with Gasteiger partial charge in [-0.2, -0.15) is 0 Å². The lowest BCUT2D eigenvalue weighted by atomic mass is 10.4. The van der Waals surface area contributed by atoms with Crippen LogP contribution in [0.3, 0.4) is 0 Å². The molecule has 4 atom stereocenters. The largest absolute Gasteiger partial charge is 0.137 e. The molecule has 0 spiro atoms. The Balaban J connectivity index is 3.29. The Morgan fingerprint density at radius 1 is 1.00 bits per heavy atom. The van der Waals surface area contributed by atoms with Crippen molar-refractivity contribution < 1.29 is 0 Å². The zero-order chi connectivity index (χ0) is 6.57. The van der Waals surface area contributed by atoms with Crippen molar-refractivity contribution in [2.45, 2.75) is 24.3 Å². The van der Waals surface area contributed by atoms with E-state index in [2.05, 4.69) is 30.7 Å². The summed E-state index contributed by atoms with van der Waals surface area (Å²) in [5.74, 6) is 0. The summed E-state index contributed by atoms with van der Waals surface area (Å²) in [5.41, 5.74) is 0. The predicted molar refractivity (Wildman–Crippen MR) is 53.5 cm³/mol. The summed E-state index contributed by atoms with van der Waals surface area (Å²) in [4.78, 5) is 0. The molecular formula is C4H12P2S2. The summed E-state index contributed by atoms with van der Waals surface area (Å²) in [6, 6.07) is 0. The van der Waals surface area contributed by atoms with Gasteiger partial charge in [-0.3, -0.25) is 0 Å². The lowest BCUT2D eigenvalue weighted by Gasteiger charge is -2.13. The fraction of sp³-hybridized carbons (Fsp3) is 1.00. The molecule has 0 saturated carbocycles. The maximum absolute atomic E-state index is 2.69. The van der Waals surface area contributed by atoms with Crippen molar-refractivity contribution in [3.8, 4) is 0 Å². The van der Waals surface area contributed by atoms with E-state index in [1.165, 1.54) is 0 Å². The van der Waals surface area contributed by atoms with Crippen LogP contribution in [0.25, 0.3) is 0 Å². The van der Waals surface area contributed by atoms with Gasteiger partial charge in [-0.1, -0.05) is 30.7 Å². The van der Waals surface area contributed by atoms with Crippen LogP contribution < -0.4 is 0 Å². The zero-order valence-electron chi connectivity index (χ0n) is 5.13. The first-order valence-electron chi connectivity index (χ1n) is 2.43. The van der Waals surface area contributed by atoms with Crippen LogP contribution in [0.15, 0.2) is 0 Å². The average Bonchev–Trinajstić information content (AvgIpc) is 1.84. The maximum Gasteiger partial charge on any atom is 0.0175 e. The number of hydrogen-bond acceptors (Lipinski definition) is 2. The third-order valence-corrected chi connectivity index (χ3v) is 5.51. The van der Waals surface area contributed by atoms with Gasteiger partial charge in [0.2, 0.25) is 0 Å². The lowest BCUT2D eigenvalue weighted by Crippen LogP contribution is -2.07. The second kappa shape index (κ2) is 5.35. The van der Waals surface area contributed by atoms with Crippen molar-refractivity contribution in [2.75, 3.05) is 0 Å². The second-order valence-electron chi connectivity index (χ2n) is 1.68. The van der Waals surface area contributed by atoms with Gasteiger partial charge >= 0.3 is 0 Å². The Morgan fingerprint density at radius 3 is 1.38 bits per heavy atom. The minimum Gasteiger partial charge on any atom is -0.137 e. The highest BCUT2D eigenvalue weighted by Crippen LogP contribution is 2.31. The molecule has 0 aliphatic carbocycles. The van der Waals surface area contributed by atoms with Crippen molar-refractivity contribution >= 4 is 39.6 Å². The van der Waals surface area contributed by atoms with Gasteiger partial charge in [-0.25, -0.2) is 0 Å². The van der Waals surface area contributed by atoms with E-state index in [0.717, 1.165) is 10.5 Å². The standard InChI is InChI=1S/C4H12P2S2/c1-3(7-5)4(2)8-6/h3-4H,5-6H2,1-2H3. The van der Waals surface area contributed by atoms with E-state index in [-0.39, 0.29) is 0 Å². The lowest BCUT2D eigenvalue weighted by molar-refractivity contribution is 0.939. The highest BCUT2D eigenvalue weighted by atomic mass is 32.7. The van der Waals surface area contributed by atoms with Gasteiger partial charge in [0, 0.05) is 10.5 Å². The monoisotopic (exact) mass is 186 g/mol. The van der Waals surface area contributed by atoms with E-state index >= 15 is 0 Å².